The molecule has 2 heterocycles. The first-order chi connectivity index (χ1) is 12.3. The Morgan fingerprint density at radius 1 is 1.12 bits per heavy atom. The van der Waals surface area contributed by atoms with Crippen LogP contribution in [-0.2, 0) is 24.2 Å². The van der Waals surface area contributed by atoms with E-state index in [1.807, 2.05) is 12.3 Å². The second-order valence-electron chi connectivity index (χ2n) is 7.15. The Morgan fingerprint density at radius 2 is 1.92 bits per heavy atom. The molecule has 1 amide bonds. The van der Waals surface area contributed by atoms with Crippen molar-refractivity contribution in [2.24, 2.45) is 0 Å². The number of hydrogen-bond donors (Lipinski definition) is 1. The zero-order valence-electron chi connectivity index (χ0n) is 14.5. The van der Waals surface area contributed by atoms with Crippen LogP contribution in [0.15, 0.2) is 48.8 Å². The third kappa shape index (κ3) is 3.59. The summed E-state index contributed by atoms with van der Waals surface area (Å²) >= 11 is 0. The molecule has 1 N–H and O–H groups in total. The lowest BCUT2D eigenvalue weighted by molar-refractivity contribution is -0.131. The van der Waals surface area contributed by atoms with Crippen LogP contribution < -0.4 is 5.32 Å². The lowest BCUT2D eigenvalue weighted by Gasteiger charge is -2.31. The molecule has 1 aromatic carbocycles. The van der Waals surface area contributed by atoms with Crippen LogP contribution in [0.2, 0.25) is 0 Å². The van der Waals surface area contributed by atoms with Crippen LogP contribution in [0.5, 0.6) is 0 Å². The number of carbonyl (C=O) groups is 1. The molecule has 0 spiro atoms. The van der Waals surface area contributed by atoms with Crippen LogP contribution in [0.25, 0.3) is 0 Å². The number of likely N-dealkylation sites (tertiary alicyclic amines) is 1. The summed E-state index contributed by atoms with van der Waals surface area (Å²) in [5.74, 6) is 0.343. The summed E-state index contributed by atoms with van der Waals surface area (Å²) in [7, 11) is 0. The molecule has 4 rings (SSSR count). The quantitative estimate of drug-likeness (QED) is 0.826. The first kappa shape index (κ1) is 16.3. The standard InChI is InChI=1S/C21H25N3O/c25-21-8-7-19(9-11-23-15-16-4-3-10-22-14-16)24(21)20-12-17-5-1-2-6-18(17)13-20/h1-6,10,14,19-20,23H,7-9,11-13,15H2. The van der Waals surface area contributed by atoms with Gasteiger partial charge in [-0.3, -0.25) is 9.78 Å². The van der Waals surface area contributed by atoms with Crippen LogP contribution in [0, 0.1) is 0 Å². The minimum Gasteiger partial charge on any atom is -0.336 e. The molecular formula is C21H25N3O. The third-order valence-corrected chi connectivity index (χ3v) is 5.50. The number of aromatic nitrogens is 1. The van der Waals surface area contributed by atoms with Crippen LogP contribution in [0.3, 0.4) is 0 Å². The van der Waals surface area contributed by atoms with Gasteiger partial charge in [0.05, 0.1) is 0 Å². The predicted molar refractivity (Wildman–Crippen MR) is 98.1 cm³/mol. The van der Waals surface area contributed by atoms with Crippen molar-refractivity contribution in [2.75, 3.05) is 6.54 Å². The van der Waals surface area contributed by atoms with Crippen molar-refractivity contribution in [2.45, 2.75) is 50.7 Å². The van der Waals surface area contributed by atoms with E-state index in [0.29, 0.717) is 24.4 Å². The average Bonchev–Trinajstić information content (AvgIpc) is 3.22. The van der Waals surface area contributed by atoms with Gasteiger partial charge in [0.1, 0.15) is 0 Å². The van der Waals surface area contributed by atoms with Gasteiger partial charge in [0.2, 0.25) is 5.91 Å². The monoisotopic (exact) mass is 335 g/mol. The van der Waals surface area contributed by atoms with Crippen molar-refractivity contribution in [3.8, 4) is 0 Å². The number of pyridine rings is 1. The molecule has 4 nitrogen and oxygen atoms in total. The molecule has 1 fully saturated rings. The average molecular weight is 335 g/mol. The number of hydrogen-bond acceptors (Lipinski definition) is 3. The Balaban J connectivity index is 1.32. The van der Waals surface area contributed by atoms with Crippen molar-refractivity contribution < 1.29 is 4.79 Å². The summed E-state index contributed by atoms with van der Waals surface area (Å²) in [5, 5.41) is 3.49. The van der Waals surface area contributed by atoms with E-state index >= 15 is 0 Å². The third-order valence-electron chi connectivity index (χ3n) is 5.50. The molecule has 130 valence electrons. The molecule has 25 heavy (non-hydrogen) atoms. The molecule has 1 aliphatic carbocycles. The Hall–Kier alpha value is -2.20. The maximum Gasteiger partial charge on any atom is 0.223 e. The van der Waals surface area contributed by atoms with Crippen molar-refractivity contribution >= 4 is 5.91 Å². The highest BCUT2D eigenvalue weighted by Gasteiger charge is 2.38. The van der Waals surface area contributed by atoms with Crippen LogP contribution >= 0.6 is 0 Å². The fourth-order valence-electron chi connectivity index (χ4n) is 4.28. The number of fused-ring (bicyclic) bond motifs is 1. The summed E-state index contributed by atoms with van der Waals surface area (Å²) in [6.07, 6.45) is 8.46. The van der Waals surface area contributed by atoms with Gasteiger partial charge in [-0.15, -0.1) is 0 Å². The van der Waals surface area contributed by atoms with Gasteiger partial charge in [0, 0.05) is 37.4 Å². The first-order valence-corrected chi connectivity index (χ1v) is 9.29. The lowest BCUT2D eigenvalue weighted by Crippen LogP contribution is -2.43. The van der Waals surface area contributed by atoms with E-state index in [0.717, 1.165) is 38.8 Å². The van der Waals surface area contributed by atoms with Crippen molar-refractivity contribution in [3.05, 3.63) is 65.5 Å². The van der Waals surface area contributed by atoms with E-state index < -0.39 is 0 Å². The van der Waals surface area contributed by atoms with Crippen molar-refractivity contribution in [1.29, 1.82) is 0 Å². The highest BCUT2D eigenvalue weighted by atomic mass is 16.2. The molecule has 1 aliphatic heterocycles. The van der Waals surface area contributed by atoms with E-state index in [2.05, 4.69) is 45.5 Å². The van der Waals surface area contributed by atoms with Gasteiger partial charge in [-0.05, 0) is 55.0 Å². The summed E-state index contributed by atoms with van der Waals surface area (Å²) in [4.78, 5) is 18.8. The first-order valence-electron chi connectivity index (χ1n) is 9.29. The molecule has 1 unspecified atom stereocenters. The van der Waals surface area contributed by atoms with Crippen LogP contribution in [0.1, 0.15) is 36.0 Å². The Kier molecular flexibility index (Phi) is 4.79. The molecule has 1 aromatic heterocycles. The minimum absolute atomic E-state index is 0.343. The van der Waals surface area contributed by atoms with Gasteiger partial charge in [-0.1, -0.05) is 30.3 Å². The predicted octanol–water partition coefficient (Wildman–Crippen LogP) is 2.72. The summed E-state index contributed by atoms with van der Waals surface area (Å²) in [6.45, 7) is 1.77. The Morgan fingerprint density at radius 3 is 2.64 bits per heavy atom. The highest BCUT2D eigenvalue weighted by molar-refractivity contribution is 5.79. The second kappa shape index (κ2) is 7.36. The number of rotatable bonds is 6. The fourth-order valence-corrected chi connectivity index (χ4v) is 4.28. The summed E-state index contributed by atoms with van der Waals surface area (Å²) in [6, 6.07) is 13.4. The second-order valence-corrected chi connectivity index (χ2v) is 7.15. The largest absolute Gasteiger partial charge is 0.336 e. The maximum atomic E-state index is 12.5. The number of benzene rings is 1. The smallest absolute Gasteiger partial charge is 0.223 e. The number of amides is 1. The van der Waals surface area contributed by atoms with Gasteiger partial charge in [-0.25, -0.2) is 0 Å². The molecule has 0 bridgehead atoms. The molecule has 0 saturated carbocycles. The summed E-state index contributed by atoms with van der Waals surface area (Å²) < 4.78 is 0. The normalized spacial score (nSPS) is 20.2. The van der Waals surface area contributed by atoms with Crippen LogP contribution in [0.4, 0.5) is 0 Å². The number of nitrogens with zero attached hydrogens (tertiary/aromatic N) is 2. The van der Waals surface area contributed by atoms with Gasteiger partial charge in [0.15, 0.2) is 0 Å². The molecule has 1 saturated heterocycles. The zero-order chi connectivity index (χ0) is 17.1. The van der Waals surface area contributed by atoms with E-state index in [4.69, 9.17) is 0 Å². The number of nitrogens with one attached hydrogen (secondary N) is 1. The molecular weight excluding hydrogens is 310 g/mol. The molecule has 4 heteroatoms. The Bertz CT molecular complexity index is 706. The van der Waals surface area contributed by atoms with E-state index in [9.17, 15) is 4.79 Å². The summed E-state index contributed by atoms with van der Waals surface area (Å²) in [5.41, 5.74) is 4.04. The zero-order valence-corrected chi connectivity index (χ0v) is 14.5. The molecule has 2 aliphatic rings. The lowest BCUT2D eigenvalue weighted by atomic mass is 10.1. The van der Waals surface area contributed by atoms with Crippen molar-refractivity contribution in [3.63, 3.8) is 0 Å². The van der Waals surface area contributed by atoms with E-state index in [1.165, 1.54) is 16.7 Å². The molecule has 1 atom stereocenters. The van der Waals surface area contributed by atoms with Gasteiger partial charge < -0.3 is 10.2 Å². The van der Waals surface area contributed by atoms with Gasteiger partial charge in [0.25, 0.3) is 0 Å². The van der Waals surface area contributed by atoms with Gasteiger partial charge >= 0.3 is 0 Å². The van der Waals surface area contributed by atoms with E-state index in [1.54, 1.807) is 6.20 Å². The van der Waals surface area contributed by atoms with Gasteiger partial charge in [-0.2, -0.15) is 0 Å². The van der Waals surface area contributed by atoms with Crippen molar-refractivity contribution in [1.82, 2.24) is 15.2 Å². The van der Waals surface area contributed by atoms with E-state index in [-0.39, 0.29) is 0 Å². The molecule has 0 radical (unpaired) electrons. The van der Waals surface area contributed by atoms with Crippen LogP contribution in [-0.4, -0.2) is 34.4 Å². The maximum absolute atomic E-state index is 12.5. The number of carbonyl (C=O) groups excluding carboxylic acids is 1. The minimum atomic E-state index is 0.343. The topological polar surface area (TPSA) is 45.2 Å². The highest BCUT2D eigenvalue weighted by Crippen LogP contribution is 2.32. The Labute approximate surface area is 149 Å². The molecule has 2 aromatic rings. The SMILES string of the molecule is O=C1CCC(CCNCc2cccnc2)N1C1Cc2ccccc2C1. The fraction of sp³-hybridized carbons (Fsp3) is 0.429.